The van der Waals surface area contributed by atoms with Gasteiger partial charge in [0.2, 0.25) is 0 Å². The third kappa shape index (κ3) is 7.36. The maximum atomic E-state index is 5.43. The average Bonchev–Trinajstić information content (AvgIpc) is 2.52. The molecule has 6 heteroatoms. The van der Waals surface area contributed by atoms with Gasteiger partial charge in [0.25, 0.3) is 0 Å². The van der Waals surface area contributed by atoms with E-state index >= 15 is 0 Å². The number of rotatable bonds is 12. The Morgan fingerprint density at radius 2 is 1.67 bits per heavy atom. The van der Waals surface area contributed by atoms with Gasteiger partial charge in [-0.3, -0.25) is 0 Å². The van der Waals surface area contributed by atoms with E-state index in [2.05, 4.69) is 27.3 Å². The van der Waals surface area contributed by atoms with E-state index in [9.17, 15) is 0 Å². The number of hydrogen-bond acceptors (Lipinski definition) is 6. The van der Waals surface area contributed by atoms with Crippen molar-refractivity contribution in [3.63, 3.8) is 0 Å². The van der Waals surface area contributed by atoms with Crippen molar-refractivity contribution in [3.05, 3.63) is 17.8 Å². The molecule has 0 saturated heterocycles. The van der Waals surface area contributed by atoms with Gasteiger partial charge in [0.15, 0.2) is 5.82 Å². The highest BCUT2D eigenvalue weighted by molar-refractivity contribution is 5.37. The number of aromatic nitrogens is 2. The summed E-state index contributed by atoms with van der Waals surface area (Å²) < 4.78 is 10.9. The molecule has 0 unspecified atom stereocenters. The van der Waals surface area contributed by atoms with Crippen molar-refractivity contribution in [2.75, 3.05) is 51.0 Å². The molecule has 0 aliphatic heterocycles. The first-order valence-electron chi connectivity index (χ1n) is 7.75. The molecule has 120 valence electrons. The second kappa shape index (κ2) is 11.4. The number of nitrogens with zero attached hydrogens (tertiary/aromatic N) is 3. The van der Waals surface area contributed by atoms with E-state index in [1.54, 1.807) is 0 Å². The summed E-state index contributed by atoms with van der Waals surface area (Å²) in [7, 11) is 0. The summed E-state index contributed by atoms with van der Waals surface area (Å²) in [6.07, 6.45) is 0. The third-order valence-electron chi connectivity index (χ3n) is 3.01. The van der Waals surface area contributed by atoms with Crippen molar-refractivity contribution in [3.8, 4) is 0 Å². The van der Waals surface area contributed by atoms with Crippen LogP contribution < -0.4 is 10.2 Å². The molecular weight excluding hydrogens is 268 g/mol. The summed E-state index contributed by atoms with van der Waals surface area (Å²) in [5, 5.41) is 11.8. The van der Waals surface area contributed by atoms with Crippen LogP contribution in [0.1, 0.15) is 26.5 Å². The van der Waals surface area contributed by atoms with Gasteiger partial charge in [-0.05, 0) is 32.5 Å². The zero-order chi connectivity index (χ0) is 15.3. The molecule has 1 N–H and O–H groups in total. The molecule has 0 radical (unpaired) electrons. The fourth-order valence-electron chi connectivity index (χ4n) is 1.85. The molecule has 6 nitrogen and oxygen atoms in total. The molecule has 0 saturated carbocycles. The van der Waals surface area contributed by atoms with Crippen molar-refractivity contribution in [2.45, 2.75) is 27.3 Å². The van der Waals surface area contributed by atoms with E-state index in [1.807, 2.05) is 26.0 Å². The van der Waals surface area contributed by atoms with E-state index in [1.165, 1.54) is 0 Å². The highest BCUT2D eigenvalue weighted by atomic mass is 16.5. The van der Waals surface area contributed by atoms with E-state index in [0.717, 1.165) is 50.9 Å². The summed E-state index contributed by atoms with van der Waals surface area (Å²) in [5.74, 6) is 0.870. The Morgan fingerprint density at radius 1 is 1.00 bits per heavy atom. The van der Waals surface area contributed by atoms with E-state index in [-0.39, 0.29) is 0 Å². The normalized spacial score (nSPS) is 10.8. The predicted molar refractivity (Wildman–Crippen MR) is 84.6 cm³/mol. The van der Waals surface area contributed by atoms with Gasteiger partial charge >= 0.3 is 0 Å². The maximum Gasteiger partial charge on any atom is 0.151 e. The Morgan fingerprint density at radius 3 is 2.14 bits per heavy atom. The summed E-state index contributed by atoms with van der Waals surface area (Å²) in [6, 6.07) is 4.02. The molecule has 0 amide bonds. The van der Waals surface area contributed by atoms with Gasteiger partial charge < -0.3 is 19.7 Å². The van der Waals surface area contributed by atoms with Gasteiger partial charge in [-0.25, -0.2) is 0 Å². The molecule has 0 atom stereocenters. The zero-order valence-corrected chi connectivity index (χ0v) is 13.5. The maximum absolute atomic E-state index is 5.43. The lowest BCUT2D eigenvalue weighted by Crippen LogP contribution is -2.32. The van der Waals surface area contributed by atoms with Gasteiger partial charge in [0, 0.05) is 32.8 Å². The largest absolute Gasteiger partial charge is 0.380 e. The topological polar surface area (TPSA) is 59.5 Å². The Balaban J connectivity index is 2.57. The molecule has 1 heterocycles. The Kier molecular flexibility index (Phi) is 9.69. The van der Waals surface area contributed by atoms with Gasteiger partial charge in [0.05, 0.1) is 18.9 Å². The Labute approximate surface area is 127 Å². The minimum Gasteiger partial charge on any atom is -0.380 e. The fourth-order valence-corrected chi connectivity index (χ4v) is 1.85. The van der Waals surface area contributed by atoms with Crippen LogP contribution in [0.3, 0.4) is 0 Å². The summed E-state index contributed by atoms with van der Waals surface area (Å²) in [5.41, 5.74) is 0.954. The van der Waals surface area contributed by atoms with E-state index in [0.29, 0.717) is 13.2 Å². The summed E-state index contributed by atoms with van der Waals surface area (Å²) in [6.45, 7) is 12.2. The lowest BCUT2D eigenvalue weighted by atomic mass is 10.3. The van der Waals surface area contributed by atoms with Crippen LogP contribution >= 0.6 is 0 Å². The summed E-state index contributed by atoms with van der Waals surface area (Å²) in [4.78, 5) is 2.15. The Hall–Kier alpha value is -1.24. The van der Waals surface area contributed by atoms with Crippen molar-refractivity contribution in [1.82, 2.24) is 15.5 Å². The standard InChI is InChI=1S/C15H28N4O2/c1-4-16-13-14-7-8-15(18-17-14)19(9-11-20-5-2)10-12-21-6-3/h7-8,16H,4-6,9-13H2,1-3H3. The molecule has 1 aromatic rings. The molecule has 0 aliphatic rings. The van der Waals surface area contributed by atoms with Crippen molar-refractivity contribution in [1.29, 1.82) is 0 Å². The molecule has 0 fully saturated rings. The monoisotopic (exact) mass is 296 g/mol. The highest BCUT2D eigenvalue weighted by Crippen LogP contribution is 2.09. The van der Waals surface area contributed by atoms with E-state index in [4.69, 9.17) is 9.47 Å². The second-order valence-electron chi connectivity index (χ2n) is 4.54. The van der Waals surface area contributed by atoms with Crippen LogP contribution in [0.5, 0.6) is 0 Å². The number of hydrogen-bond donors (Lipinski definition) is 1. The first-order valence-corrected chi connectivity index (χ1v) is 7.75. The second-order valence-corrected chi connectivity index (χ2v) is 4.54. The van der Waals surface area contributed by atoms with Crippen LogP contribution in [-0.2, 0) is 16.0 Å². The minimum atomic E-state index is 0.684. The molecule has 21 heavy (non-hydrogen) atoms. The quantitative estimate of drug-likeness (QED) is 0.589. The smallest absolute Gasteiger partial charge is 0.151 e. The average molecular weight is 296 g/mol. The van der Waals surface area contributed by atoms with Crippen LogP contribution in [0.4, 0.5) is 5.82 Å². The first kappa shape index (κ1) is 17.8. The molecule has 0 spiro atoms. The highest BCUT2D eigenvalue weighted by Gasteiger charge is 2.08. The van der Waals surface area contributed by atoms with Crippen LogP contribution in [0.25, 0.3) is 0 Å². The van der Waals surface area contributed by atoms with Gasteiger partial charge in [0.1, 0.15) is 0 Å². The molecular formula is C15H28N4O2. The molecule has 0 aliphatic carbocycles. The lowest BCUT2D eigenvalue weighted by molar-refractivity contribution is 0.141. The van der Waals surface area contributed by atoms with E-state index < -0.39 is 0 Å². The summed E-state index contributed by atoms with van der Waals surface area (Å²) >= 11 is 0. The van der Waals surface area contributed by atoms with Crippen LogP contribution in [0, 0.1) is 0 Å². The van der Waals surface area contributed by atoms with Crippen molar-refractivity contribution >= 4 is 5.82 Å². The lowest BCUT2D eigenvalue weighted by Gasteiger charge is -2.23. The van der Waals surface area contributed by atoms with Crippen LogP contribution in [0.2, 0.25) is 0 Å². The SMILES string of the molecule is CCNCc1ccc(N(CCOCC)CCOCC)nn1. The zero-order valence-electron chi connectivity index (χ0n) is 13.5. The minimum absolute atomic E-state index is 0.684. The third-order valence-corrected chi connectivity index (χ3v) is 3.01. The fraction of sp³-hybridized carbons (Fsp3) is 0.733. The predicted octanol–water partition coefficient (Wildman–Crippen LogP) is 1.47. The molecule has 1 rings (SSSR count). The van der Waals surface area contributed by atoms with Crippen molar-refractivity contribution < 1.29 is 9.47 Å². The molecule has 0 bridgehead atoms. The number of nitrogens with one attached hydrogen (secondary N) is 1. The van der Waals surface area contributed by atoms with Crippen LogP contribution in [-0.4, -0.2) is 56.3 Å². The molecule has 0 aromatic carbocycles. The number of ether oxygens (including phenoxy) is 2. The van der Waals surface area contributed by atoms with Crippen LogP contribution in [0.15, 0.2) is 12.1 Å². The van der Waals surface area contributed by atoms with Gasteiger partial charge in [-0.2, -0.15) is 5.10 Å². The first-order chi connectivity index (χ1) is 10.3. The Bertz CT molecular complexity index is 349. The van der Waals surface area contributed by atoms with Gasteiger partial charge in [-0.1, -0.05) is 6.92 Å². The molecule has 1 aromatic heterocycles. The van der Waals surface area contributed by atoms with Gasteiger partial charge in [-0.15, -0.1) is 5.10 Å². The van der Waals surface area contributed by atoms with Crippen molar-refractivity contribution in [2.24, 2.45) is 0 Å². The number of anilines is 1.